The first-order chi connectivity index (χ1) is 9.81. The molecule has 6 nitrogen and oxygen atoms in total. The number of carbonyl (C=O) groups excluding carboxylic acids is 2. The number of carbonyl (C=O) groups is 3. The maximum absolute atomic E-state index is 12.2. The SMILES string of the molecule is CC(C)(CC(=O)c1ccc2c(c1)C(=O)NCCO2)C(=O)O. The highest BCUT2D eigenvalue weighted by atomic mass is 16.5. The van der Waals surface area contributed by atoms with Crippen molar-refractivity contribution >= 4 is 17.7 Å². The monoisotopic (exact) mass is 291 g/mol. The Hall–Kier alpha value is -2.37. The van der Waals surface area contributed by atoms with E-state index < -0.39 is 11.4 Å². The Balaban J connectivity index is 2.27. The number of benzene rings is 1. The number of rotatable bonds is 4. The zero-order valence-electron chi connectivity index (χ0n) is 11.9. The predicted octanol–water partition coefficient (Wildman–Crippen LogP) is 1.49. The third-order valence-corrected chi connectivity index (χ3v) is 3.37. The van der Waals surface area contributed by atoms with Gasteiger partial charge < -0.3 is 15.2 Å². The summed E-state index contributed by atoms with van der Waals surface area (Å²) in [5.74, 6) is -1.22. The van der Waals surface area contributed by atoms with E-state index in [1.54, 1.807) is 12.1 Å². The van der Waals surface area contributed by atoms with Crippen molar-refractivity contribution in [2.45, 2.75) is 20.3 Å². The minimum atomic E-state index is -1.15. The number of aliphatic carboxylic acids is 1. The molecule has 0 atom stereocenters. The van der Waals surface area contributed by atoms with E-state index in [1.807, 2.05) is 0 Å². The zero-order chi connectivity index (χ0) is 15.6. The average molecular weight is 291 g/mol. The van der Waals surface area contributed by atoms with Crippen LogP contribution in [0, 0.1) is 5.41 Å². The van der Waals surface area contributed by atoms with Gasteiger partial charge in [-0.15, -0.1) is 0 Å². The average Bonchev–Trinajstić information content (AvgIpc) is 2.60. The third kappa shape index (κ3) is 3.21. The molecule has 21 heavy (non-hydrogen) atoms. The van der Waals surface area contributed by atoms with Crippen molar-refractivity contribution in [1.29, 1.82) is 0 Å². The summed E-state index contributed by atoms with van der Waals surface area (Å²) in [6, 6.07) is 4.58. The summed E-state index contributed by atoms with van der Waals surface area (Å²) < 4.78 is 5.40. The number of fused-ring (bicyclic) bond motifs is 1. The Morgan fingerprint density at radius 2 is 2.10 bits per heavy atom. The fourth-order valence-corrected chi connectivity index (χ4v) is 2.01. The van der Waals surface area contributed by atoms with Crippen LogP contribution in [-0.4, -0.2) is 35.9 Å². The molecule has 2 N–H and O–H groups in total. The summed E-state index contributed by atoms with van der Waals surface area (Å²) in [6.45, 7) is 3.76. The van der Waals surface area contributed by atoms with Gasteiger partial charge in [0.25, 0.3) is 5.91 Å². The van der Waals surface area contributed by atoms with Gasteiger partial charge in [0.2, 0.25) is 0 Å². The minimum Gasteiger partial charge on any atom is -0.491 e. The van der Waals surface area contributed by atoms with E-state index in [2.05, 4.69) is 5.32 Å². The minimum absolute atomic E-state index is 0.135. The number of Topliss-reactive ketones (excluding diaryl/α,β-unsaturated/α-hetero) is 1. The zero-order valence-corrected chi connectivity index (χ0v) is 11.9. The Labute approximate surface area is 122 Å². The summed E-state index contributed by atoms with van der Waals surface area (Å²) in [4.78, 5) is 35.2. The first-order valence-electron chi connectivity index (χ1n) is 6.63. The third-order valence-electron chi connectivity index (χ3n) is 3.37. The summed E-state index contributed by atoms with van der Waals surface area (Å²) in [5.41, 5.74) is -0.543. The molecule has 2 rings (SSSR count). The molecule has 0 saturated carbocycles. The lowest BCUT2D eigenvalue weighted by Gasteiger charge is -2.18. The summed E-state index contributed by atoms with van der Waals surface area (Å²) >= 11 is 0. The molecule has 0 aromatic heterocycles. The van der Waals surface area contributed by atoms with Crippen LogP contribution in [0.25, 0.3) is 0 Å². The Morgan fingerprint density at radius 3 is 2.76 bits per heavy atom. The van der Waals surface area contributed by atoms with E-state index in [9.17, 15) is 14.4 Å². The Kier molecular flexibility index (Phi) is 3.97. The fourth-order valence-electron chi connectivity index (χ4n) is 2.01. The van der Waals surface area contributed by atoms with Crippen LogP contribution in [0.5, 0.6) is 5.75 Å². The van der Waals surface area contributed by atoms with Gasteiger partial charge in [0.1, 0.15) is 12.4 Å². The van der Waals surface area contributed by atoms with Gasteiger partial charge in [0, 0.05) is 12.0 Å². The number of carboxylic acids is 1. The lowest BCUT2D eigenvalue weighted by molar-refractivity contribution is -0.146. The smallest absolute Gasteiger partial charge is 0.309 e. The maximum Gasteiger partial charge on any atom is 0.309 e. The molecular weight excluding hydrogens is 274 g/mol. The molecule has 0 aliphatic carbocycles. The van der Waals surface area contributed by atoms with Crippen molar-refractivity contribution in [2.24, 2.45) is 5.41 Å². The van der Waals surface area contributed by atoms with Crippen molar-refractivity contribution in [3.63, 3.8) is 0 Å². The molecule has 1 heterocycles. The highest BCUT2D eigenvalue weighted by Crippen LogP contribution is 2.26. The largest absolute Gasteiger partial charge is 0.491 e. The molecule has 112 valence electrons. The highest BCUT2D eigenvalue weighted by Gasteiger charge is 2.31. The molecule has 1 aromatic rings. The topological polar surface area (TPSA) is 92.7 Å². The van der Waals surface area contributed by atoms with Gasteiger partial charge in [-0.1, -0.05) is 0 Å². The van der Waals surface area contributed by atoms with Crippen LogP contribution in [0.4, 0.5) is 0 Å². The highest BCUT2D eigenvalue weighted by molar-refractivity contribution is 6.03. The first kappa shape index (κ1) is 15.0. The van der Waals surface area contributed by atoms with Crippen molar-refractivity contribution in [3.05, 3.63) is 29.3 Å². The second kappa shape index (κ2) is 5.55. The van der Waals surface area contributed by atoms with E-state index in [4.69, 9.17) is 9.84 Å². The van der Waals surface area contributed by atoms with Crippen LogP contribution >= 0.6 is 0 Å². The van der Waals surface area contributed by atoms with E-state index in [1.165, 1.54) is 19.9 Å². The van der Waals surface area contributed by atoms with E-state index in [0.29, 0.717) is 30.0 Å². The molecule has 6 heteroatoms. The Bertz CT molecular complexity index is 606. The van der Waals surface area contributed by atoms with Gasteiger partial charge in [-0.2, -0.15) is 0 Å². The second-order valence-electron chi connectivity index (χ2n) is 5.60. The summed E-state index contributed by atoms with van der Waals surface area (Å²) in [6.07, 6.45) is -0.135. The van der Waals surface area contributed by atoms with Crippen LogP contribution < -0.4 is 10.1 Å². The number of nitrogens with one attached hydrogen (secondary N) is 1. The molecular formula is C15H17NO5. The van der Waals surface area contributed by atoms with E-state index in [-0.39, 0.29) is 18.1 Å². The van der Waals surface area contributed by atoms with Crippen molar-refractivity contribution in [1.82, 2.24) is 5.32 Å². The number of hydrogen-bond donors (Lipinski definition) is 2. The molecule has 0 spiro atoms. The standard InChI is InChI=1S/C15H17NO5/c1-15(2,14(19)20)8-11(17)9-3-4-12-10(7-9)13(18)16-5-6-21-12/h3-4,7H,5-6,8H2,1-2H3,(H,16,18)(H,19,20). The number of hydrogen-bond acceptors (Lipinski definition) is 4. The maximum atomic E-state index is 12.2. The Morgan fingerprint density at radius 1 is 1.38 bits per heavy atom. The number of ether oxygens (including phenoxy) is 1. The molecule has 1 amide bonds. The van der Waals surface area contributed by atoms with Gasteiger partial charge in [0.05, 0.1) is 17.5 Å². The van der Waals surface area contributed by atoms with Crippen LogP contribution in [0.3, 0.4) is 0 Å². The molecule has 1 aliphatic rings. The molecule has 0 unspecified atom stereocenters. The van der Waals surface area contributed by atoms with Crippen LogP contribution in [-0.2, 0) is 4.79 Å². The van der Waals surface area contributed by atoms with Crippen molar-refractivity contribution in [2.75, 3.05) is 13.2 Å². The summed E-state index contributed by atoms with van der Waals surface area (Å²) in [7, 11) is 0. The lowest BCUT2D eigenvalue weighted by atomic mass is 9.85. The molecule has 1 aromatic carbocycles. The fraction of sp³-hybridized carbons (Fsp3) is 0.400. The molecule has 0 radical (unpaired) electrons. The molecule has 0 bridgehead atoms. The van der Waals surface area contributed by atoms with E-state index in [0.717, 1.165) is 0 Å². The number of carboxylic acid groups (broad SMARTS) is 1. The summed E-state index contributed by atoms with van der Waals surface area (Å²) in [5, 5.41) is 11.7. The van der Waals surface area contributed by atoms with Gasteiger partial charge in [-0.25, -0.2) is 0 Å². The first-order valence-corrected chi connectivity index (χ1v) is 6.63. The molecule has 0 fully saturated rings. The van der Waals surface area contributed by atoms with Gasteiger partial charge in [-0.3, -0.25) is 14.4 Å². The number of amides is 1. The molecule has 0 saturated heterocycles. The lowest BCUT2D eigenvalue weighted by Crippen LogP contribution is -2.27. The van der Waals surface area contributed by atoms with Crippen LogP contribution in [0.15, 0.2) is 18.2 Å². The normalized spacial score (nSPS) is 14.5. The van der Waals surface area contributed by atoms with Gasteiger partial charge in [-0.05, 0) is 32.0 Å². The number of ketones is 1. The second-order valence-corrected chi connectivity index (χ2v) is 5.60. The van der Waals surface area contributed by atoms with Gasteiger partial charge in [0.15, 0.2) is 5.78 Å². The van der Waals surface area contributed by atoms with Crippen molar-refractivity contribution < 1.29 is 24.2 Å². The quantitative estimate of drug-likeness (QED) is 0.820. The van der Waals surface area contributed by atoms with E-state index >= 15 is 0 Å². The van der Waals surface area contributed by atoms with Crippen LogP contribution in [0.2, 0.25) is 0 Å². The van der Waals surface area contributed by atoms with Gasteiger partial charge >= 0.3 is 5.97 Å². The van der Waals surface area contributed by atoms with Crippen LogP contribution in [0.1, 0.15) is 41.0 Å². The molecule has 1 aliphatic heterocycles. The van der Waals surface area contributed by atoms with Crippen molar-refractivity contribution in [3.8, 4) is 5.75 Å². The predicted molar refractivity (Wildman–Crippen MR) is 74.6 cm³/mol.